The van der Waals surface area contributed by atoms with Crippen LogP contribution in [0, 0.1) is 0 Å². The summed E-state index contributed by atoms with van der Waals surface area (Å²) in [7, 11) is 0. The smallest absolute Gasteiger partial charge is 0.0111 e. The predicted octanol–water partition coefficient (Wildman–Crippen LogP) is 3.94. The van der Waals surface area contributed by atoms with E-state index in [1.165, 1.54) is 21.5 Å². The molecule has 20 heavy (non-hydrogen) atoms. The molecular formula is C20H16. The van der Waals surface area contributed by atoms with E-state index in [9.17, 15) is 0 Å². The van der Waals surface area contributed by atoms with Crippen LogP contribution in [-0.4, -0.2) is 0 Å². The Kier molecular flexibility index (Phi) is 3.22. The molecule has 3 rings (SSSR count). The van der Waals surface area contributed by atoms with Gasteiger partial charge in [-0.05, 0) is 44.1 Å². The Morgan fingerprint density at radius 2 is 1.20 bits per heavy atom. The monoisotopic (exact) mass is 256 g/mol. The van der Waals surface area contributed by atoms with Gasteiger partial charge in [-0.15, -0.1) is 0 Å². The molecule has 3 aromatic rings. The molecule has 0 aromatic heterocycles. The molecule has 0 aliphatic heterocycles. The third-order valence-electron chi connectivity index (χ3n) is 3.46. The van der Waals surface area contributed by atoms with Crippen molar-refractivity contribution in [1.82, 2.24) is 0 Å². The second-order valence-electron chi connectivity index (χ2n) is 4.94. The van der Waals surface area contributed by atoms with Crippen molar-refractivity contribution in [3.8, 4) is 0 Å². The lowest BCUT2D eigenvalue weighted by molar-refractivity contribution is 1.66. The van der Waals surface area contributed by atoms with Gasteiger partial charge in [0, 0.05) is 0 Å². The Bertz CT molecular complexity index is 935. The van der Waals surface area contributed by atoms with Crippen LogP contribution in [-0.2, 0) is 0 Å². The molecule has 0 N–H and O–H groups in total. The lowest BCUT2D eigenvalue weighted by atomic mass is 10.0. The maximum absolute atomic E-state index is 4.18. The quantitative estimate of drug-likeness (QED) is 0.571. The van der Waals surface area contributed by atoms with Crippen LogP contribution >= 0.6 is 0 Å². The molecule has 0 heteroatoms. The fourth-order valence-electron chi connectivity index (χ4n) is 2.37. The van der Waals surface area contributed by atoms with Crippen LogP contribution in [0.3, 0.4) is 0 Å². The molecule has 96 valence electrons. The molecular weight excluding hydrogens is 240 g/mol. The fraction of sp³-hybridized carbons (Fsp3) is 0. The van der Waals surface area contributed by atoms with Gasteiger partial charge in [-0.3, -0.25) is 0 Å². The van der Waals surface area contributed by atoms with Crippen LogP contribution in [0.4, 0.5) is 0 Å². The lowest BCUT2D eigenvalue weighted by Crippen LogP contribution is -1.96. The number of rotatable bonds is 0. The van der Waals surface area contributed by atoms with Crippen molar-refractivity contribution in [3.05, 3.63) is 83.2 Å². The normalized spacial score (nSPS) is 10.4. The summed E-state index contributed by atoms with van der Waals surface area (Å²) in [5.41, 5.74) is 0. The molecule has 0 bridgehead atoms. The van der Waals surface area contributed by atoms with Gasteiger partial charge in [0.25, 0.3) is 0 Å². The van der Waals surface area contributed by atoms with Gasteiger partial charge in [-0.1, -0.05) is 73.8 Å². The molecule has 0 radical (unpaired) electrons. The molecule has 3 aromatic carbocycles. The van der Waals surface area contributed by atoms with E-state index < -0.39 is 0 Å². The molecule has 0 spiro atoms. The number of fused-ring (bicyclic) bond motifs is 2. The summed E-state index contributed by atoms with van der Waals surface area (Å²) < 4.78 is 0. The lowest BCUT2D eigenvalue weighted by Gasteiger charge is -2.00. The summed E-state index contributed by atoms with van der Waals surface area (Å²) in [5.74, 6) is 0. The van der Waals surface area contributed by atoms with Gasteiger partial charge in [-0.25, -0.2) is 0 Å². The Hall–Kier alpha value is -2.60. The first kappa shape index (κ1) is 12.4. The molecule has 0 aliphatic carbocycles. The van der Waals surface area contributed by atoms with E-state index in [2.05, 4.69) is 55.6 Å². The first-order valence-corrected chi connectivity index (χ1v) is 6.68. The van der Waals surface area contributed by atoms with Crippen LogP contribution in [0.15, 0.2) is 72.8 Å². The zero-order valence-electron chi connectivity index (χ0n) is 11.3. The topological polar surface area (TPSA) is 0 Å². The van der Waals surface area contributed by atoms with Crippen LogP contribution in [0.1, 0.15) is 0 Å². The van der Waals surface area contributed by atoms with E-state index in [1.807, 2.05) is 30.3 Å². The highest BCUT2D eigenvalue weighted by atomic mass is 14.0. The second kappa shape index (κ2) is 5.18. The van der Waals surface area contributed by atoms with Crippen LogP contribution in [0.2, 0.25) is 0 Å². The SMILES string of the molecule is C=c1ccccc(=C)c2cc3ccccc3cc2cc1. The van der Waals surface area contributed by atoms with E-state index in [-0.39, 0.29) is 0 Å². The van der Waals surface area contributed by atoms with Crippen molar-refractivity contribution in [2.24, 2.45) is 0 Å². The average molecular weight is 256 g/mol. The highest BCUT2D eigenvalue weighted by Gasteiger charge is 1.95. The van der Waals surface area contributed by atoms with Crippen LogP contribution < -0.4 is 10.4 Å². The van der Waals surface area contributed by atoms with E-state index in [4.69, 9.17) is 0 Å². The van der Waals surface area contributed by atoms with E-state index >= 15 is 0 Å². The molecule has 0 heterocycles. The standard InChI is InChI=1S/C20H16/c1-15-7-3-4-8-16(2)20-14-18-10-6-5-9-17(18)13-19(20)12-11-15/h3-14H,1-2H2. The van der Waals surface area contributed by atoms with Crippen molar-refractivity contribution in [1.29, 1.82) is 0 Å². The van der Waals surface area contributed by atoms with Gasteiger partial charge in [0.15, 0.2) is 0 Å². The van der Waals surface area contributed by atoms with E-state index in [1.54, 1.807) is 0 Å². The Labute approximate surface area is 118 Å². The third kappa shape index (κ3) is 2.41. The van der Waals surface area contributed by atoms with Crippen LogP contribution in [0.5, 0.6) is 0 Å². The molecule has 0 saturated carbocycles. The highest BCUT2D eigenvalue weighted by molar-refractivity contribution is 5.97. The van der Waals surface area contributed by atoms with Crippen molar-refractivity contribution < 1.29 is 0 Å². The largest absolute Gasteiger partial charge is 0.0918 e. The molecule has 0 amide bonds. The minimum Gasteiger partial charge on any atom is -0.0918 e. The van der Waals surface area contributed by atoms with Gasteiger partial charge in [0.1, 0.15) is 0 Å². The Balaban J connectivity index is 2.55. The van der Waals surface area contributed by atoms with Crippen molar-refractivity contribution in [3.63, 3.8) is 0 Å². The zero-order chi connectivity index (χ0) is 13.9. The molecule has 0 nitrogen and oxygen atoms in total. The van der Waals surface area contributed by atoms with Gasteiger partial charge >= 0.3 is 0 Å². The zero-order valence-corrected chi connectivity index (χ0v) is 11.3. The van der Waals surface area contributed by atoms with Crippen molar-refractivity contribution in [2.45, 2.75) is 0 Å². The fourth-order valence-corrected chi connectivity index (χ4v) is 2.37. The number of hydrogen-bond acceptors (Lipinski definition) is 0. The highest BCUT2D eigenvalue weighted by Crippen LogP contribution is 2.19. The third-order valence-corrected chi connectivity index (χ3v) is 3.46. The molecule has 0 fully saturated rings. The van der Waals surface area contributed by atoms with Crippen molar-refractivity contribution >= 4 is 34.7 Å². The minimum atomic E-state index is 0.987. The summed E-state index contributed by atoms with van der Waals surface area (Å²) in [4.78, 5) is 0. The van der Waals surface area contributed by atoms with Crippen molar-refractivity contribution in [2.75, 3.05) is 0 Å². The first-order valence-electron chi connectivity index (χ1n) is 6.68. The minimum absolute atomic E-state index is 0.987. The van der Waals surface area contributed by atoms with Gasteiger partial charge in [0.2, 0.25) is 0 Å². The molecule has 0 unspecified atom stereocenters. The predicted molar refractivity (Wildman–Crippen MR) is 89.4 cm³/mol. The maximum Gasteiger partial charge on any atom is -0.0111 e. The Morgan fingerprint density at radius 3 is 2.00 bits per heavy atom. The molecule has 0 saturated heterocycles. The number of benzene rings is 2. The second-order valence-corrected chi connectivity index (χ2v) is 4.94. The Morgan fingerprint density at radius 1 is 0.550 bits per heavy atom. The van der Waals surface area contributed by atoms with E-state index in [0.29, 0.717) is 0 Å². The molecule has 0 atom stereocenters. The average Bonchev–Trinajstić information content (AvgIpc) is 2.47. The summed E-state index contributed by atoms with van der Waals surface area (Å²) in [6.45, 7) is 8.19. The van der Waals surface area contributed by atoms with E-state index in [0.717, 1.165) is 10.4 Å². The summed E-state index contributed by atoms with van der Waals surface area (Å²) in [5, 5.41) is 6.83. The van der Waals surface area contributed by atoms with Gasteiger partial charge in [0.05, 0.1) is 0 Å². The summed E-state index contributed by atoms with van der Waals surface area (Å²) in [6.07, 6.45) is 0. The van der Waals surface area contributed by atoms with Gasteiger partial charge in [-0.2, -0.15) is 0 Å². The van der Waals surface area contributed by atoms with Crippen LogP contribution in [0.25, 0.3) is 34.7 Å². The number of hydrogen-bond donors (Lipinski definition) is 0. The first-order chi connectivity index (χ1) is 9.74. The summed E-state index contributed by atoms with van der Waals surface area (Å²) in [6, 6.07) is 25.0. The summed E-state index contributed by atoms with van der Waals surface area (Å²) >= 11 is 0. The molecule has 0 aliphatic rings. The maximum atomic E-state index is 4.18. The van der Waals surface area contributed by atoms with Gasteiger partial charge < -0.3 is 0 Å².